The van der Waals surface area contributed by atoms with Crippen LogP contribution in [0.3, 0.4) is 0 Å². The van der Waals surface area contributed by atoms with E-state index in [2.05, 4.69) is 30.7 Å². The molecule has 1 heterocycles. The molecule has 2 N–H and O–H groups in total. The molecule has 1 fully saturated rings. The maximum atomic E-state index is 11.5. The fourth-order valence-corrected chi connectivity index (χ4v) is 5.11. The molecule has 0 bridgehead atoms. The molecular weight excluding hydrogens is 390 g/mol. The van der Waals surface area contributed by atoms with Crippen LogP contribution >= 0.6 is 0 Å². The number of nitrogens with one attached hydrogen (secondary N) is 1. The Balaban J connectivity index is 1.77. The second-order valence-electron chi connectivity index (χ2n) is 9.46. The normalized spacial score (nSPS) is 20.5. The molecule has 0 radical (unpaired) electrons. The first-order chi connectivity index (χ1) is 14.8. The number of fused-ring (bicyclic) bond motifs is 1. The van der Waals surface area contributed by atoms with E-state index in [0.29, 0.717) is 24.1 Å². The number of carboxylic acids is 1. The van der Waals surface area contributed by atoms with Gasteiger partial charge in [-0.2, -0.15) is 0 Å². The molecule has 0 saturated heterocycles. The van der Waals surface area contributed by atoms with E-state index >= 15 is 0 Å². The predicted molar refractivity (Wildman–Crippen MR) is 123 cm³/mol. The van der Waals surface area contributed by atoms with Crippen LogP contribution in [-0.4, -0.2) is 27.2 Å². The second-order valence-corrected chi connectivity index (χ2v) is 9.46. The van der Waals surface area contributed by atoms with Crippen molar-refractivity contribution < 1.29 is 14.6 Å². The zero-order valence-electron chi connectivity index (χ0n) is 18.7. The zero-order valence-corrected chi connectivity index (χ0v) is 18.7. The van der Waals surface area contributed by atoms with Gasteiger partial charge in [-0.05, 0) is 80.0 Å². The van der Waals surface area contributed by atoms with Crippen molar-refractivity contribution in [3.8, 4) is 5.75 Å². The van der Waals surface area contributed by atoms with Crippen molar-refractivity contribution in [2.45, 2.75) is 53.0 Å². The van der Waals surface area contributed by atoms with Gasteiger partial charge >= 0.3 is 5.97 Å². The third kappa shape index (κ3) is 4.53. The van der Waals surface area contributed by atoms with Gasteiger partial charge in [0.05, 0.1) is 23.2 Å². The number of rotatable bonds is 6. The van der Waals surface area contributed by atoms with Gasteiger partial charge < -0.3 is 19.7 Å². The summed E-state index contributed by atoms with van der Waals surface area (Å²) in [5.74, 6) is 1.25. The summed E-state index contributed by atoms with van der Waals surface area (Å²) < 4.78 is 7.82. The largest absolute Gasteiger partial charge is 0.494 e. The van der Waals surface area contributed by atoms with Crippen LogP contribution in [0.5, 0.6) is 5.75 Å². The summed E-state index contributed by atoms with van der Waals surface area (Å²) in [6, 6.07) is 13.3. The fourth-order valence-electron chi connectivity index (χ4n) is 5.11. The fraction of sp³-hybridized carbons (Fsp3) is 0.440. The molecule has 0 spiro atoms. The molecule has 0 aliphatic heterocycles. The van der Waals surface area contributed by atoms with Gasteiger partial charge in [0.1, 0.15) is 5.75 Å². The van der Waals surface area contributed by atoms with Gasteiger partial charge in [0.15, 0.2) is 0 Å². The topological polar surface area (TPSA) is 76.4 Å². The molecule has 4 rings (SSSR count). The predicted octanol–water partition coefficient (Wildman–Crippen LogP) is 6.26. The van der Waals surface area contributed by atoms with E-state index in [1.165, 1.54) is 6.42 Å². The number of benzene rings is 2. The highest BCUT2D eigenvalue weighted by Crippen LogP contribution is 2.46. The highest BCUT2D eigenvalue weighted by atomic mass is 16.5. The molecule has 2 atom stereocenters. The van der Waals surface area contributed by atoms with Crippen LogP contribution < -0.4 is 10.1 Å². The molecule has 164 valence electrons. The van der Waals surface area contributed by atoms with Gasteiger partial charge in [-0.15, -0.1) is 0 Å². The van der Waals surface area contributed by atoms with E-state index in [9.17, 15) is 9.90 Å². The molecule has 3 aromatic rings. The number of aromatic nitrogens is 2. The third-order valence-corrected chi connectivity index (χ3v) is 6.09. The molecule has 0 unspecified atom stereocenters. The maximum Gasteiger partial charge on any atom is 0.335 e. The van der Waals surface area contributed by atoms with E-state index in [1.54, 1.807) is 12.1 Å². The summed E-state index contributed by atoms with van der Waals surface area (Å²) >= 11 is 0. The smallest absolute Gasteiger partial charge is 0.335 e. The molecule has 6 heteroatoms. The average molecular weight is 422 g/mol. The Bertz CT molecular complexity index is 1090. The molecule has 6 nitrogen and oxygen atoms in total. The number of aromatic carboxylic acids is 1. The quantitative estimate of drug-likeness (QED) is 0.491. The Morgan fingerprint density at radius 2 is 1.97 bits per heavy atom. The number of imidazole rings is 1. The van der Waals surface area contributed by atoms with Crippen molar-refractivity contribution in [1.29, 1.82) is 0 Å². The monoisotopic (exact) mass is 421 g/mol. The highest BCUT2D eigenvalue weighted by Gasteiger charge is 2.34. The number of nitrogens with zero attached hydrogens (tertiary/aromatic N) is 2. The van der Waals surface area contributed by atoms with Gasteiger partial charge in [0.25, 0.3) is 0 Å². The highest BCUT2D eigenvalue weighted by molar-refractivity contribution is 5.93. The summed E-state index contributed by atoms with van der Waals surface area (Å²) in [6.45, 7) is 9.57. The minimum Gasteiger partial charge on any atom is -0.494 e. The zero-order chi connectivity index (χ0) is 22.2. The lowest BCUT2D eigenvalue weighted by atomic mass is 9.70. The first kappa shape index (κ1) is 21.2. The molecular formula is C25H31N3O3. The Hall–Kier alpha value is -3.02. The maximum absolute atomic E-state index is 11.5. The second kappa shape index (κ2) is 8.25. The number of hydrogen-bond donors (Lipinski definition) is 2. The summed E-state index contributed by atoms with van der Waals surface area (Å²) in [6.07, 6.45) is 3.34. The molecule has 1 aliphatic carbocycles. The Labute approximate surface area is 183 Å². The average Bonchev–Trinajstić information content (AvgIpc) is 3.05. The summed E-state index contributed by atoms with van der Waals surface area (Å²) in [7, 11) is 0. The van der Waals surface area contributed by atoms with Gasteiger partial charge in [0.2, 0.25) is 5.95 Å². The van der Waals surface area contributed by atoms with Crippen LogP contribution in [-0.2, 0) is 0 Å². The lowest BCUT2D eigenvalue weighted by Gasteiger charge is -2.40. The van der Waals surface area contributed by atoms with Crippen LogP contribution in [0, 0.1) is 11.3 Å². The molecule has 1 saturated carbocycles. The SMILES string of the molecule is CCOc1ccc(Nc2nc3cc(C(=O)O)ccc3n2[C@@H]2C[C@@H](C)CC(C)(C)C2)cc1. The Morgan fingerprint density at radius 1 is 1.23 bits per heavy atom. The van der Waals surface area contributed by atoms with Gasteiger partial charge in [-0.1, -0.05) is 20.8 Å². The van der Waals surface area contributed by atoms with Crippen LogP contribution in [0.25, 0.3) is 11.0 Å². The molecule has 1 aromatic heterocycles. The molecule has 0 amide bonds. The summed E-state index contributed by atoms with van der Waals surface area (Å²) in [4.78, 5) is 16.3. The van der Waals surface area contributed by atoms with Crippen molar-refractivity contribution in [2.75, 3.05) is 11.9 Å². The van der Waals surface area contributed by atoms with Crippen LogP contribution in [0.2, 0.25) is 0 Å². The van der Waals surface area contributed by atoms with Crippen molar-refractivity contribution in [2.24, 2.45) is 11.3 Å². The first-order valence-corrected chi connectivity index (χ1v) is 11.0. The van der Waals surface area contributed by atoms with E-state index in [4.69, 9.17) is 9.72 Å². The van der Waals surface area contributed by atoms with E-state index < -0.39 is 5.97 Å². The van der Waals surface area contributed by atoms with Crippen LogP contribution in [0.4, 0.5) is 11.6 Å². The van der Waals surface area contributed by atoms with Gasteiger partial charge in [-0.3, -0.25) is 0 Å². The molecule has 1 aliphatic rings. The van der Waals surface area contributed by atoms with Gasteiger partial charge in [0, 0.05) is 11.7 Å². The summed E-state index contributed by atoms with van der Waals surface area (Å²) in [5.41, 5.74) is 3.08. The number of anilines is 2. The van der Waals surface area contributed by atoms with E-state index in [0.717, 1.165) is 35.7 Å². The number of carboxylic acid groups (broad SMARTS) is 1. The van der Waals surface area contributed by atoms with Crippen LogP contribution in [0.1, 0.15) is 63.4 Å². The third-order valence-electron chi connectivity index (χ3n) is 6.09. The minimum atomic E-state index is -0.940. The van der Waals surface area contributed by atoms with E-state index in [-0.39, 0.29) is 11.0 Å². The standard InChI is InChI=1S/C25H31N3O3/c1-5-31-20-9-7-18(8-10-20)26-24-27-21-13-17(23(29)30)6-11-22(21)28(24)19-12-16(2)14-25(3,4)15-19/h6-11,13,16,19H,5,12,14-15H2,1-4H3,(H,26,27)(H,29,30)/t16-,19-/m1/s1. The number of hydrogen-bond acceptors (Lipinski definition) is 4. The first-order valence-electron chi connectivity index (χ1n) is 11.0. The van der Waals surface area contributed by atoms with E-state index in [1.807, 2.05) is 37.3 Å². The molecule has 31 heavy (non-hydrogen) atoms. The number of carbonyl (C=O) groups is 1. The van der Waals surface area contributed by atoms with Crippen molar-refractivity contribution in [3.05, 3.63) is 48.0 Å². The Kier molecular flexibility index (Phi) is 5.65. The lowest BCUT2D eigenvalue weighted by Crippen LogP contribution is -2.29. The summed E-state index contributed by atoms with van der Waals surface area (Å²) in [5, 5.41) is 12.9. The number of ether oxygens (including phenoxy) is 1. The van der Waals surface area contributed by atoms with Crippen molar-refractivity contribution in [3.63, 3.8) is 0 Å². The van der Waals surface area contributed by atoms with Crippen molar-refractivity contribution in [1.82, 2.24) is 9.55 Å². The minimum absolute atomic E-state index is 0.246. The van der Waals surface area contributed by atoms with Crippen LogP contribution in [0.15, 0.2) is 42.5 Å². The Morgan fingerprint density at radius 3 is 2.61 bits per heavy atom. The molecule has 2 aromatic carbocycles. The van der Waals surface area contributed by atoms with Crippen molar-refractivity contribution >= 4 is 28.6 Å². The lowest BCUT2D eigenvalue weighted by molar-refractivity contribution is 0.0697. The van der Waals surface area contributed by atoms with Gasteiger partial charge in [-0.25, -0.2) is 9.78 Å².